The summed E-state index contributed by atoms with van der Waals surface area (Å²) in [6.07, 6.45) is -1.43. The molecule has 1 heterocycles. The normalized spacial score (nSPS) is 39.6. The van der Waals surface area contributed by atoms with Crippen molar-refractivity contribution in [2.75, 3.05) is 0 Å². The summed E-state index contributed by atoms with van der Waals surface area (Å²) in [4.78, 5) is 11.6. The quantitative estimate of drug-likeness (QED) is 0.218. The Morgan fingerprint density at radius 1 is 1.43 bits per heavy atom. The summed E-state index contributed by atoms with van der Waals surface area (Å²) in [5.41, 5.74) is -0.527. The Labute approximate surface area is 134 Å². The molecule has 1 saturated heterocycles. The minimum Gasteiger partial charge on any atom is -0.691 e. The van der Waals surface area contributed by atoms with E-state index in [1.165, 1.54) is 0 Å². The summed E-state index contributed by atoms with van der Waals surface area (Å²) >= 11 is -0.814. The second kappa shape index (κ2) is 5.23. The number of carbonyl (C=O) groups excluding carboxylic acids is 1. The van der Waals surface area contributed by atoms with Crippen LogP contribution in [0.15, 0.2) is 0 Å². The van der Waals surface area contributed by atoms with Crippen molar-refractivity contribution in [1.82, 2.24) is 0 Å². The lowest BCUT2D eigenvalue weighted by Crippen LogP contribution is -2.42. The molecular formula is C11H13F2O8S2-. The van der Waals surface area contributed by atoms with Crippen LogP contribution in [0.5, 0.6) is 0 Å². The Hall–Kier alpha value is -0.530. The minimum atomic E-state index is -4.21. The van der Waals surface area contributed by atoms with Crippen LogP contribution in [0.1, 0.15) is 20.3 Å². The molecule has 2 aliphatic carbocycles. The van der Waals surface area contributed by atoms with Gasteiger partial charge in [-0.1, -0.05) is 13.8 Å². The summed E-state index contributed by atoms with van der Waals surface area (Å²) < 4.78 is 64.4. The van der Waals surface area contributed by atoms with Crippen molar-refractivity contribution < 1.29 is 45.5 Å². The predicted octanol–water partition coefficient (Wildman–Crippen LogP) is 0.136. The molecular weight excluding hydrogens is 362 g/mol. The summed E-state index contributed by atoms with van der Waals surface area (Å²) in [7, 11) is -3.99. The highest BCUT2D eigenvalue weighted by molar-refractivity contribution is 7.96. The van der Waals surface area contributed by atoms with E-state index >= 15 is 0 Å². The first-order chi connectivity index (χ1) is 10.5. The van der Waals surface area contributed by atoms with E-state index in [1.807, 2.05) is 0 Å². The summed E-state index contributed by atoms with van der Waals surface area (Å²) in [5, 5.41) is 7.00. The van der Waals surface area contributed by atoms with Gasteiger partial charge in [-0.05, 0) is 11.8 Å². The maximum atomic E-state index is 13.5. The Balaban J connectivity index is 1.83. The summed E-state index contributed by atoms with van der Waals surface area (Å²) in [5.74, 6) is -2.83. The van der Waals surface area contributed by atoms with Crippen molar-refractivity contribution in [2.24, 2.45) is 17.3 Å². The van der Waals surface area contributed by atoms with Crippen molar-refractivity contribution in [3.8, 4) is 0 Å². The zero-order chi connectivity index (χ0) is 17.2. The molecule has 5 atom stereocenters. The Morgan fingerprint density at radius 3 is 2.70 bits per heavy atom. The fourth-order valence-corrected chi connectivity index (χ4v) is 6.52. The molecule has 0 N–H and O–H groups in total. The van der Waals surface area contributed by atoms with Gasteiger partial charge in [-0.2, -0.15) is 21.5 Å². The van der Waals surface area contributed by atoms with E-state index in [4.69, 9.17) is 8.92 Å². The second-order valence-corrected chi connectivity index (χ2v) is 8.93. The van der Waals surface area contributed by atoms with Gasteiger partial charge >= 0.3 is 11.2 Å². The van der Waals surface area contributed by atoms with E-state index in [2.05, 4.69) is 9.37 Å². The first kappa shape index (κ1) is 17.3. The van der Waals surface area contributed by atoms with Crippen LogP contribution in [0.2, 0.25) is 0 Å². The summed E-state index contributed by atoms with van der Waals surface area (Å²) in [6.45, 7) is 3.60. The van der Waals surface area contributed by atoms with Gasteiger partial charge in [0.1, 0.15) is 23.4 Å². The fourth-order valence-electron chi connectivity index (χ4n) is 4.16. The molecule has 5 unspecified atom stereocenters. The van der Waals surface area contributed by atoms with Crippen molar-refractivity contribution in [1.29, 1.82) is 0 Å². The Kier molecular flexibility index (Phi) is 3.93. The van der Waals surface area contributed by atoms with Crippen LogP contribution in [0.25, 0.3) is 0 Å². The lowest BCUT2D eigenvalue weighted by molar-refractivity contribution is -0.777. The molecule has 8 nitrogen and oxygen atoms in total. The standard InChI is InChI=1S/C11H14F2O8S2/c1-10(2)4-3-5-6(10)8(23(16,17)19-5)7(4)18-9(14)11(12,13)22-21-20-15/h4-8,15H,3H2,1-2H3/p-1. The van der Waals surface area contributed by atoms with Gasteiger partial charge in [0.15, 0.2) is 0 Å². The summed E-state index contributed by atoms with van der Waals surface area (Å²) in [6, 6.07) is 0. The number of hydrogen-bond acceptors (Lipinski definition) is 9. The first-order valence-electron chi connectivity index (χ1n) is 6.67. The predicted molar refractivity (Wildman–Crippen MR) is 67.5 cm³/mol. The van der Waals surface area contributed by atoms with Crippen LogP contribution < -0.4 is 5.26 Å². The topological polar surface area (TPSA) is 111 Å². The van der Waals surface area contributed by atoms with Crippen molar-refractivity contribution in [3.05, 3.63) is 0 Å². The molecule has 0 aromatic rings. The highest BCUT2D eigenvalue weighted by Gasteiger charge is 2.74. The van der Waals surface area contributed by atoms with Crippen LogP contribution in [-0.2, 0) is 33.2 Å². The lowest BCUT2D eigenvalue weighted by atomic mass is 9.81. The SMILES string of the molecule is CC1(C)C2CC3OS(=O)(=O)C(C2OC(=O)C(F)(F)SOO[O-])C31. The lowest BCUT2D eigenvalue weighted by Gasteiger charge is -2.27. The average Bonchev–Trinajstić information content (AvgIpc) is 2.89. The Morgan fingerprint density at radius 2 is 2.09 bits per heavy atom. The van der Waals surface area contributed by atoms with Gasteiger partial charge in [0, 0.05) is 11.8 Å². The number of carbonyl (C=O) groups is 1. The molecule has 0 aromatic heterocycles. The molecule has 3 aliphatic rings. The third-order valence-electron chi connectivity index (χ3n) is 5.01. The van der Waals surface area contributed by atoms with Crippen LogP contribution >= 0.6 is 12.0 Å². The Bertz CT molecular complexity index is 622. The number of halogens is 2. The van der Waals surface area contributed by atoms with Crippen LogP contribution in [0.3, 0.4) is 0 Å². The monoisotopic (exact) mass is 375 g/mol. The average molecular weight is 375 g/mol. The van der Waals surface area contributed by atoms with Gasteiger partial charge < -0.3 is 9.99 Å². The maximum Gasteiger partial charge on any atom is 0.415 e. The van der Waals surface area contributed by atoms with E-state index in [1.54, 1.807) is 13.8 Å². The maximum absolute atomic E-state index is 13.5. The third kappa shape index (κ3) is 2.46. The van der Waals surface area contributed by atoms with Gasteiger partial charge in [0.25, 0.3) is 10.1 Å². The number of ether oxygens (including phenoxy) is 1. The van der Waals surface area contributed by atoms with Crippen molar-refractivity contribution >= 4 is 28.1 Å². The molecule has 2 bridgehead atoms. The van der Waals surface area contributed by atoms with Gasteiger partial charge in [-0.15, -0.1) is 0 Å². The van der Waals surface area contributed by atoms with Gasteiger partial charge in [-0.3, -0.25) is 9.22 Å². The highest BCUT2D eigenvalue weighted by atomic mass is 32.2. The van der Waals surface area contributed by atoms with Crippen LogP contribution in [0, 0.1) is 17.3 Å². The molecule has 12 heteroatoms. The molecule has 132 valence electrons. The largest absolute Gasteiger partial charge is 0.691 e. The van der Waals surface area contributed by atoms with Gasteiger partial charge in [0.2, 0.25) is 0 Å². The number of esters is 1. The smallest absolute Gasteiger partial charge is 0.415 e. The molecule has 0 radical (unpaired) electrons. The molecule has 0 aromatic carbocycles. The second-order valence-electron chi connectivity index (χ2n) is 6.39. The zero-order valence-electron chi connectivity index (χ0n) is 11.9. The van der Waals surface area contributed by atoms with E-state index in [0.717, 1.165) is 0 Å². The van der Waals surface area contributed by atoms with Gasteiger partial charge in [0.05, 0.1) is 6.10 Å². The van der Waals surface area contributed by atoms with Crippen molar-refractivity contribution in [3.63, 3.8) is 0 Å². The van der Waals surface area contributed by atoms with E-state index in [0.29, 0.717) is 6.42 Å². The number of rotatable bonds is 5. The molecule has 0 spiro atoms. The molecule has 1 aliphatic heterocycles. The number of fused-ring (bicyclic) bond motifs is 1. The molecule has 0 amide bonds. The van der Waals surface area contributed by atoms with E-state index in [9.17, 15) is 27.3 Å². The molecule has 2 saturated carbocycles. The van der Waals surface area contributed by atoms with Gasteiger partial charge in [-0.25, -0.2) is 4.79 Å². The number of alkyl halides is 2. The van der Waals surface area contributed by atoms with E-state index in [-0.39, 0.29) is 0 Å². The first-order valence-corrected chi connectivity index (χ1v) is 8.89. The minimum absolute atomic E-state index is 0.310. The molecule has 3 rings (SSSR count). The molecule has 3 fully saturated rings. The third-order valence-corrected chi connectivity index (χ3v) is 7.26. The van der Waals surface area contributed by atoms with Crippen LogP contribution in [0.4, 0.5) is 8.78 Å². The fraction of sp³-hybridized carbons (Fsp3) is 0.909. The number of hydrogen-bond donors (Lipinski definition) is 0. The van der Waals surface area contributed by atoms with Crippen LogP contribution in [-0.4, -0.2) is 37.1 Å². The zero-order valence-corrected chi connectivity index (χ0v) is 13.6. The highest BCUT2D eigenvalue weighted by Crippen LogP contribution is 2.64. The van der Waals surface area contributed by atoms with Crippen molar-refractivity contribution in [2.45, 2.75) is 43.0 Å². The molecule has 23 heavy (non-hydrogen) atoms. The van der Waals surface area contributed by atoms with E-state index < -0.39 is 68.1 Å².